The largest absolute Gasteiger partial charge is 0.214 e. The second-order valence-corrected chi connectivity index (χ2v) is 7.43. The van der Waals surface area contributed by atoms with E-state index in [0.29, 0.717) is 0 Å². The van der Waals surface area contributed by atoms with Crippen molar-refractivity contribution in [2.24, 2.45) is 4.99 Å². The summed E-state index contributed by atoms with van der Waals surface area (Å²) in [4.78, 5) is 5.73. The van der Waals surface area contributed by atoms with Crippen LogP contribution in [0.2, 0.25) is 0 Å². The molecule has 0 heterocycles. The molecule has 0 saturated carbocycles. The second kappa shape index (κ2) is 14.9. The maximum Gasteiger partial charge on any atom is -0.172 e. The molecule has 2 aromatic rings. The molecule has 2 aromatic carbocycles. The molecule has 0 atom stereocenters. The molecular formula is C15H18Cl2N2Zr. The van der Waals surface area contributed by atoms with E-state index in [4.69, 9.17) is 17.0 Å². The van der Waals surface area contributed by atoms with Gasteiger partial charge in [0.15, 0.2) is 0 Å². The van der Waals surface area contributed by atoms with Crippen LogP contribution < -0.4 is 0 Å². The predicted molar refractivity (Wildman–Crippen MR) is 85.0 cm³/mol. The Kier molecular flexibility index (Phi) is 14.5. The van der Waals surface area contributed by atoms with Crippen LogP contribution in [0, 0.1) is 0 Å². The molecule has 0 radical (unpaired) electrons. The topological polar surface area (TPSA) is 15.6 Å². The van der Waals surface area contributed by atoms with Crippen LogP contribution in [0.1, 0.15) is 5.56 Å². The van der Waals surface area contributed by atoms with E-state index in [0.717, 1.165) is 6.54 Å². The zero-order valence-electron chi connectivity index (χ0n) is 11.6. The van der Waals surface area contributed by atoms with Gasteiger partial charge in [0.25, 0.3) is 0 Å². The van der Waals surface area contributed by atoms with E-state index in [-0.39, 0.29) is 0 Å². The van der Waals surface area contributed by atoms with Crippen LogP contribution in [0.5, 0.6) is 0 Å². The Hall–Kier alpha value is -0.497. The van der Waals surface area contributed by atoms with Gasteiger partial charge in [-0.15, -0.1) is 0 Å². The minimum atomic E-state index is -0.826. The van der Waals surface area contributed by atoms with E-state index < -0.39 is 20.8 Å². The summed E-state index contributed by atoms with van der Waals surface area (Å²) in [6, 6.07) is 20.3. The van der Waals surface area contributed by atoms with Gasteiger partial charge in [-0.05, 0) is 19.7 Å². The quantitative estimate of drug-likeness (QED) is 0.329. The standard InChI is InChI=1S/C10H13N2.C5H5.2ClH.Zr/c1-11-9-12(2)8-10-6-4-3-5-7-10;1-2-4-5-3-1;;;/h3-7H,8H2,1-2H3;1-5H;2*1H;/q2*-1;;;+4/p-2. The van der Waals surface area contributed by atoms with Gasteiger partial charge in [-0.1, -0.05) is 30.3 Å². The molecule has 2 nitrogen and oxygen atoms in total. The Bertz CT molecular complexity index is 401. The number of halogens is 2. The minimum Gasteiger partial charge on any atom is -0.214 e. The molecular weight excluding hydrogens is 370 g/mol. The number of nitrogens with zero attached hydrogens (tertiary/aromatic N) is 2. The average molecular weight is 388 g/mol. The van der Waals surface area contributed by atoms with E-state index >= 15 is 0 Å². The van der Waals surface area contributed by atoms with E-state index in [9.17, 15) is 0 Å². The molecule has 2 rings (SSSR count). The second-order valence-electron chi connectivity index (χ2n) is 3.70. The zero-order chi connectivity index (χ0) is 15.1. The smallest absolute Gasteiger partial charge is 0.172 e. The van der Waals surface area contributed by atoms with Gasteiger partial charge in [0.1, 0.15) is 0 Å². The molecule has 0 spiro atoms. The minimum absolute atomic E-state index is 0.826. The fourth-order valence-electron chi connectivity index (χ4n) is 1.38. The van der Waals surface area contributed by atoms with Crippen LogP contribution in [0.4, 0.5) is 0 Å². The molecule has 0 amide bonds. The van der Waals surface area contributed by atoms with Crippen LogP contribution in [0.3, 0.4) is 0 Å². The molecule has 0 fully saturated rings. The predicted octanol–water partition coefficient (Wildman–Crippen LogP) is 4.44. The van der Waals surface area contributed by atoms with Crippen molar-refractivity contribution >= 4 is 23.4 Å². The van der Waals surface area contributed by atoms with Crippen LogP contribution >= 0.6 is 17.0 Å². The summed E-state index contributed by atoms with van der Waals surface area (Å²) in [5.41, 5.74) is 1.27. The number of aliphatic imine (C=N–C) groups is 1. The number of hydrogen-bond acceptors (Lipinski definition) is 1. The summed E-state index contributed by atoms with van der Waals surface area (Å²) in [5, 5.41) is 0. The fraction of sp³-hybridized carbons (Fsp3) is 0.200. The third-order valence-electron chi connectivity index (χ3n) is 2.09. The Morgan fingerprint density at radius 1 is 1.15 bits per heavy atom. The first kappa shape index (κ1) is 19.5. The van der Waals surface area contributed by atoms with Crippen LogP contribution in [-0.4, -0.2) is 25.3 Å². The Balaban J connectivity index is 0.000000371. The van der Waals surface area contributed by atoms with Gasteiger partial charge >= 0.3 is 37.9 Å². The van der Waals surface area contributed by atoms with Crippen LogP contribution in [0.25, 0.3) is 0 Å². The van der Waals surface area contributed by atoms with E-state index in [1.54, 1.807) is 7.05 Å². The molecule has 0 aromatic heterocycles. The molecule has 5 heteroatoms. The third kappa shape index (κ3) is 12.5. The summed E-state index contributed by atoms with van der Waals surface area (Å²) in [6.45, 7) is 0.859. The van der Waals surface area contributed by atoms with Gasteiger partial charge in [0.2, 0.25) is 0 Å². The maximum absolute atomic E-state index is 4.93. The first-order valence-corrected chi connectivity index (χ1v) is 12.3. The van der Waals surface area contributed by atoms with Gasteiger partial charge < -0.3 is 9.89 Å². The summed E-state index contributed by atoms with van der Waals surface area (Å²) < 4.78 is 0. The van der Waals surface area contributed by atoms with Crippen LogP contribution in [-0.2, 0) is 27.4 Å². The van der Waals surface area contributed by atoms with E-state index in [1.165, 1.54) is 5.56 Å². The maximum atomic E-state index is 4.93. The SMILES string of the molecule is CN=[C-]N(C)Cc1ccccc1.[Cl][Zr+2][Cl].c1cc[cH-]c1. The fourth-order valence-corrected chi connectivity index (χ4v) is 1.38. The summed E-state index contributed by atoms with van der Waals surface area (Å²) >= 11 is -0.826. The van der Waals surface area contributed by atoms with Crippen molar-refractivity contribution in [3.63, 3.8) is 0 Å². The molecule has 0 bridgehead atoms. The molecule has 0 aliphatic heterocycles. The Morgan fingerprint density at radius 3 is 2.10 bits per heavy atom. The molecule has 0 N–H and O–H groups in total. The third-order valence-corrected chi connectivity index (χ3v) is 2.09. The normalized spacial score (nSPS) is 8.80. The van der Waals surface area contributed by atoms with Crippen molar-refractivity contribution in [3.05, 3.63) is 66.2 Å². The molecule has 0 aliphatic carbocycles. The van der Waals surface area contributed by atoms with Gasteiger partial charge in [0, 0.05) is 6.54 Å². The van der Waals surface area contributed by atoms with E-state index in [2.05, 4.69) is 23.5 Å². The van der Waals surface area contributed by atoms with Crippen molar-refractivity contribution in [2.45, 2.75) is 6.54 Å². The molecule has 20 heavy (non-hydrogen) atoms. The van der Waals surface area contributed by atoms with Gasteiger partial charge in [-0.25, -0.2) is 12.1 Å². The van der Waals surface area contributed by atoms with Crippen LogP contribution in [0.15, 0.2) is 65.7 Å². The molecule has 0 unspecified atom stereocenters. The summed E-state index contributed by atoms with van der Waals surface area (Å²) in [7, 11) is 13.5. The van der Waals surface area contributed by atoms with Gasteiger partial charge in [-0.3, -0.25) is 6.34 Å². The number of rotatable bonds is 3. The number of hydrogen-bond donors (Lipinski definition) is 0. The van der Waals surface area contributed by atoms with Crippen molar-refractivity contribution in [2.75, 3.05) is 14.1 Å². The summed E-state index contributed by atoms with van der Waals surface area (Å²) in [5.74, 6) is 0. The number of benzene rings is 1. The van der Waals surface area contributed by atoms with Gasteiger partial charge in [-0.2, -0.15) is 18.2 Å². The van der Waals surface area contributed by atoms with Crippen molar-refractivity contribution in [1.82, 2.24) is 4.90 Å². The first-order chi connectivity index (χ1) is 9.74. The molecule has 106 valence electrons. The van der Waals surface area contributed by atoms with Gasteiger partial charge in [0.05, 0.1) is 0 Å². The molecule has 0 saturated heterocycles. The summed E-state index contributed by atoms with van der Waals surface area (Å²) in [6.07, 6.45) is 2.85. The molecule has 0 aliphatic rings. The first-order valence-electron chi connectivity index (χ1n) is 5.97. The van der Waals surface area contributed by atoms with Crippen molar-refractivity contribution < 1.29 is 20.8 Å². The van der Waals surface area contributed by atoms with E-state index in [1.807, 2.05) is 60.5 Å². The van der Waals surface area contributed by atoms with Crippen molar-refractivity contribution in [1.29, 1.82) is 0 Å². The average Bonchev–Trinajstić information content (AvgIpc) is 3.00. The Labute approximate surface area is 140 Å². The van der Waals surface area contributed by atoms with Crippen molar-refractivity contribution in [3.8, 4) is 0 Å². The monoisotopic (exact) mass is 386 g/mol. The Morgan fingerprint density at radius 2 is 1.70 bits per heavy atom. The zero-order valence-corrected chi connectivity index (χ0v) is 15.6.